The van der Waals surface area contributed by atoms with Crippen LogP contribution in [0.4, 0.5) is 4.39 Å². The molecule has 4 aromatic rings. The van der Waals surface area contributed by atoms with E-state index in [1.807, 2.05) is 42.5 Å². The minimum Gasteiger partial charge on any atom is -0.493 e. The van der Waals surface area contributed by atoms with E-state index in [1.54, 1.807) is 17.9 Å². The number of hydrogen-bond acceptors (Lipinski definition) is 5. The van der Waals surface area contributed by atoms with Gasteiger partial charge in [-0.15, -0.1) is 0 Å². The van der Waals surface area contributed by atoms with Gasteiger partial charge in [0.25, 0.3) is 0 Å². The first kappa shape index (κ1) is 23.3. The summed E-state index contributed by atoms with van der Waals surface area (Å²) < 4.78 is 27.6. The summed E-state index contributed by atoms with van der Waals surface area (Å²) in [6, 6.07) is 17.7. The second-order valence-corrected chi connectivity index (χ2v) is 8.67. The van der Waals surface area contributed by atoms with Gasteiger partial charge in [0.1, 0.15) is 12.4 Å². The Balaban J connectivity index is 1.52. The maximum absolute atomic E-state index is 13.3. The quantitative estimate of drug-likeness (QED) is 0.246. The third-order valence-corrected chi connectivity index (χ3v) is 6.04. The van der Waals surface area contributed by atoms with E-state index in [9.17, 15) is 4.39 Å². The van der Waals surface area contributed by atoms with Gasteiger partial charge in [0.2, 0.25) is 4.77 Å². The van der Waals surface area contributed by atoms with Gasteiger partial charge < -0.3 is 14.9 Å². The van der Waals surface area contributed by atoms with E-state index >= 15 is 0 Å². The molecule has 1 heterocycles. The van der Waals surface area contributed by atoms with Crippen LogP contribution in [0.2, 0.25) is 5.02 Å². The summed E-state index contributed by atoms with van der Waals surface area (Å²) in [5.41, 5.74) is 5.81. The lowest BCUT2D eigenvalue weighted by molar-refractivity contribution is 0.282. The fraction of sp³-hybridized carbons (Fsp3) is 0.130. The van der Waals surface area contributed by atoms with E-state index in [0.717, 1.165) is 11.1 Å². The molecule has 170 valence electrons. The number of hydrogen-bond donors (Lipinski definition) is 2. The SMILES string of the molecule is COc1cc(CNn2c(-c3ccccc3)n[nH]c2=S)cc(Br)c1OCc1ccc(F)cc1Cl. The minimum atomic E-state index is -0.396. The summed E-state index contributed by atoms with van der Waals surface area (Å²) in [6.07, 6.45) is 0. The number of halogens is 3. The first-order chi connectivity index (χ1) is 16.0. The number of aromatic amines is 1. The lowest BCUT2D eigenvalue weighted by Gasteiger charge is -2.16. The molecular formula is C23H19BrClFN4O2S. The average molecular weight is 550 g/mol. The topological polar surface area (TPSA) is 64.1 Å². The van der Waals surface area contributed by atoms with Crippen LogP contribution in [-0.2, 0) is 13.2 Å². The number of H-pyrrole nitrogens is 1. The van der Waals surface area contributed by atoms with Crippen LogP contribution in [-0.4, -0.2) is 22.0 Å². The fourth-order valence-corrected chi connectivity index (χ4v) is 4.22. The molecule has 0 aliphatic heterocycles. The Labute approximate surface area is 208 Å². The Morgan fingerprint density at radius 1 is 1.18 bits per heavy atom. The Morgan fingerprint density at radius 3 is 2.70 bits per heavy atom. The Morgan fingerprint density at radius 2 is 1.97 bits per heavy atom. The van der Waals surface area contributed by atoms with E-state index in [-0.39, 0.29) is 6.61 Å². The summed E-state index contributed by atoms with van der Waals surface area (Å²) in [7, 11) is 1.57. The van der Waals surface area contributed by atoms with Gasteiger partial charge in [-0.2, -0.15) is 5.10 Å². The highest BCUT2D eigenvalue weighted by atomic mass is 79.9. The molecule has 0 fully saturated rings. The Kier molecular flexibility index (Phi) is 7.32. The molecule has 2 N–H and O–H groups in total. The van der Waals surface area contributed by atoms with Gasteiger partial charge in [0.05, 0.1) is 23.1 Å². The lowest BCUT2D eigenvalue weighted by atomic mass is 10.2. The molecule has 0 bridgehead atoms. The molecule has 0 saturated carbocycles. The predicted octanol–water partition coefficient (Wildman–Crippen LogP) is 6.49. The summed E-state index contributed by atoms with van der Waals surface area (Å²) in [4.78, 5) is 0. The third kappa shape index (κ3) is 5.38. The molecule has 4 rings (SSSR count). The van der Waals surface area contributed by atoms with Gasteiger partial charge in [0, 0.05) is 11.1 Å². The summed E-state index contributed by atoms with van der Waals surface area (Å²) in [5.74, 6) is 1.35. The van der Waals surface area contributed by atoms with Crippen LogP contribution >= 0.6 is 39.7 Å². The number of rotatable bonds is 8. The van der Waals surface area contributed by atoms with Crippen molar-refractivity contribution in [2.75, 3.05) is 12.5 Å². The van der Waals surface area contributed by atoms with E-state index in [1.165, 1.54) is 12.1 Å². The smallest absolute Gasteiger partial charge is 0.214 e. The van der Waals surface area contributed by atoms with Crippen LogP contribution in [0.1, 0.15) is 11.1 Å². The number of aromatic nitrogens is 3. The zero-order valence-electron chi connectivity index (χ0n) is 17.4. The second-order valence-electron chi connectivity index (χ2n) is 7.02. The van der Waals surface area contributed by atoms with Crippen LogP contribution in [0.5, 0.6) is 11.5 Å². The van der Waals surface area contributed by atoms with Gasteiger partial charge in [0.15, 0.2) is 17.3 Å². The summed E-state index contributed by atoms with van der Waals surface area (Å²) in [5, 5.41) is 7.45. The van der Waals surface area contributed by atoms with Gasteiger partial charge in [-0.1, -0.05) is 48.0 Å². The first-order valence-corrected chi connectivity index (χ1v) is 11.4. The van der Waals surface area contributed by atoms with Crippen molar-refractivity contribution < 1.29 is 13.9 Å². The lowest BCUT2D eigenvalue weighted by Crippen LogP contribution is -2.16. The summed E-state index contributed by atoms with van der Waals surface area (Å²) in [6.45, 7) is 0.614. The highest BCUT2D eigenvalue weighted by Crippen LogP contribution is 2.37. The molecule has 0 saturated heterocycles. The predicted molar refractivity (Wildman–Crippen MR) is 132 cm³/mol. The molecule has 0 unspecified atom stereocenters. The van der Waals surface area contributed by atoms with Gasteiger partial charge in [-0.3, -0.25) is 0 Å². The average Bonchev–Trinajstić information content (AvgIpc) is 3.18. The van der Waals surface area contributed by atoms with E-state index in [2.05, 4.69) is 31.6 Å². The number of benzene rings is 3. The van der Waals surface area contributed by atoms with E-state index in [0.29, 0.717) is 43.7 Å². The molecule has 0 spiro atoms. The molecule has 0 aliphatic carbocycles. The largest absolute Gasteiger partial charge is 0.493 e. The first-order valence-electron chi connectivity index (χ1n) is 9.86. The number of nitrogens with one attached hydrogen (secondary N) is 2. The highest BCUT2D eigenvalue weighted by Gasteiger charge is 2.14. The molecule has 6 nitrogen and oxygen atoms in total. The highest BCUT2D eigenvalue weighted by molar-refractivity contribution is 9.10. The van der Waals surface area contributed by atoms with Crippen molar-refractivity contribution >= 4 is 39.7 Å². The summed E-state index contributed by atoms with van der Waals surface area (Å²) >= 11 is 15.0. The maximum atomic E-state index is 13.3. The van der Waals surface area contributed by atoms with Crippen LogP contribution < -0.4 is 14.9 Å². The van der Waals surface area contributed by atoms with Crippen molar-refractivity contribution in [3.63, 3.8) is 0 Å². The zero-order valence-corrected chi connectivity index (χ0v) is 20.6. The Bertz CT molecular complexity index is 1330. The second kappa shape index (κ2) is 10.4. The van der Waals surface area contributed by atoms with Crippen molar-refractivity contribution in [3.05, 3.63) is 91.9 Å². The van der Waals surface area contributed by atoms with Crippen molar-refractivity contribution in [1.29, 1.82) is 0 Å². The molecule has 1 aromatic heterocycles. The zero-order chi connectivity index (χ0) is 23.4. The van der Waals surface area contributed by atoms with Gasteiger partial charge in [-0.05, 0) is 58.0 Å². The number of ether oxygens (including phenoxy) is 2. The monoisotopic (exact) mass is 548 g/mol. The molecule has 10 heteroatoms. The molecule has 3 aromatic carbocycles. The third-order valence-electron chi connectivity index (χ3n) is 4.82. The van der Waals surface area contributed by atoms with Crippen molar-refractivity contribution in [2.45, 2.75) is 13.2 Å². The normalized spacial score (nSPS) is 10.8. The molecule has 0 radical (unpaired) electrons. The Hall–Kier alpha value is -2.88. The molecular weight excluding hydrogens is 531 g/mol. The van der Waals surface area contributed by atoms with Gasteiger partial charge in [-0.25, -0.2) is 14.2 Å². The molecule has 33 heavy (non-hydrogen) atoms. The van der Waals surface area contributed by atoms with Crippen LogP contribution in [0, 0.1) is 10.6 Å². The van der Waals surface area contributed by atoms with Crippen LogP contribution in [0.25, 0.3) is 11.4 Å². The van der Waals surface area contributed by atoms with Crippen molar-refractivity contribution in [3.8, 4) is 22.9 Å². The molecule has 0 amide bonds. The maximum Gasteiger partial charge on any atom is 0.214 e. The van der Waals surface area contributed by atoms with E-state index < -0.39 is 5.82 Å². The van der Waals surface area contributed by atoms with E-state index in [4.69, 9.17) is 33.3 Å². The van der Waals surface area contributed by atoms with Crippen molar-refractivity contribution in [2.24, 2.45) is 0 Å². The number of nitrogens with zero attached hydrogens (tertiary/aromatic N) is 2. The van der Waals surface area contributed by atoms with Crippen molar-refractivity contribution in [1.82, 2.24) is 14.9 Å². The standard InChI is InChI=1S/C23H19BrClFN4O2S/c1-31-20-10-14(9-18(24)21(20)32-13-16-7-8-17(26)11-19(16)25)12-27-30-22(28-29-23(30)33)15-5-3-2-4-6-15/h2-11,27H,12-13H2,1H3,(H,29,33). The number of methoxy groups -OCH3 is 1. The fourth-order valence-electron chi connectivity index (χ4n) is 3.20. The van der Waals surface area contributed by atoms with Gasteiger partial charge >= 0.3 is 0 Å². The molecule has 0 atom stereocenters. The van der Waals surface area contributed by atoms with Crippen LogP contribution in [0.3, 0.4) is 0 Å². The van der Waals surface area contributed by atoms with Crippen LogP contribution in [0.15, 0.2) is 65.1 Å². The molecule has 0 aliphatic rings. The minimum absolute atomic E-state index is 0.163.